The molecule has 3 heterocycles. The lowest BCUT2D eigenvalue weighted by Gasteiger charge is -2.32. The number of hydrogen-bond donors (Lipinski definition) is 1. The monoisotopic (exact) mass is 461 g/mol. The molecule has 1 aliphatic heterocycles. The third-order valence-corrected chi connectivity index (χ3v) is 6.52. The van der Waals surface area contributed by atoms with Crippen LogP contribution in [-0.4, -0.2) is 57.4 Å². The predicted octanol–water partition coefficient (Wildman–Crippen LogP) is 3.22. The molecule has 9 heteroatoms. The Morgan fingerprint density at radius 1 is 1.06 bits per heavy atom. The summed E-state index contributed by atoms with van der Waals surface area (Å²) < 4.78 is 14.2. The van der Waals surface area contributed by atoms with Gasteiger partial charge in [-0.1, -0.05) is 12.1 Å². The first-order valence-electron chi connectivity index (χ1n) is 11.2. The van der Waals surface area contributed by atoms with E-state index in [0.717, 1.165) is 16.6 Å². The number of imidazole rings is 1. The summed E-state index contributed by atoms with van der Waals surface area (Å²) in [7, 11) is 4.96. The summed E-state index contributed by atoms with van der Waals surface area (Å²) in [4.78, 5) is 30.6. The maximum atomic E-state index is 13.3. The van der Waals surface area contributed by atoms with E-state index in [1.165, 1.54) is 0 Å². The Balaban J connectivity index is 1.34. The van der Waals surface area contributed by atoms with Crippen molar-refractivity contribution in [3.8, 4) is 22.8 Å². The highest BCUT2D eigenvalue weighted by atomic mass is 16.5. The fourth-order valence-electron chi connectivity index (χ4n) is 4.74. The second-order valence-corrected chi connectivity index (χ2v) is 8.45. The topological polar surface area (TPSA) is 94.4 Å². The quantitative estimate of drug-likeness (QED) is 0.493. The Labute approximate surface area is 196 Å². The van der Waals surface area contributed by atoms with Crippen LogP contribution in [0.4, 0.5) is 0 Å². The highest BCUT2D eigenvalue weighted by Crippen LogP contribution is 2.33. The number of nitrogens with one attached hydrogen (secondary N) is 1. The number of aromatic amines is 1. The minimum Gasteiger partial charge on any atom is -0.497 e. The van der Waals surface area contributed by atoms with E-state index in [0.29, 0.717) is 48.8 Å². The standard InChI is InChI=1S/C25H27N5O4/c1-28-22(15-20(27-28)18-9-8-17(33-2)14-23(18)34-3)24(31)29-12-10-16(11-13-29)30-21-7-5-4-6-19(21)26-25(30)32/h4-9,14-16H,10-13H2,1-3H3,(H,26,32). The molecular formula is C25H27N5O4. The molecule has 0 radical (unpaired) electrons. The van der Waals surface area contributed by atoms with Crippen LogP contribution in [0.1, 0.15) is 29.4 Å². The summed E-state index contributed by atoms with van der Waals surface area (Å²) in [6, 6.07) is 15.1. The number of nitrogens with zero attached hydrogens (tertiary/aromatic N) is 4. The molecule has 1 fully saturated rings. The Bertz CT molecular complexity index is 1410. The van der Waals surface area contributed by atoms with E-state index in [-0.39, 0.29) is 17.6 Å². The number of aromatic nitrogens is 4. The number of carbonyl (C=O) groups excluding carboxylic acids is 1. The molecule has 4 aromatic rings. The summed E-state index contributed by atoms with van der Waals surface area (Å²) in [6.07, 6.45) is 1.43. The average molecular weight is 462 g/mol. The number of benzene rings is 2. The molecule has 1 saturated heterocycles. The first-order chi connectivity index (χ1) is 16.5. The molecule has 1 amide bonds. The van der Waals surface area contributed by atoms with E-state index in [4.69, 9.17) is 9.47 Å². The van der Waals surface area contributed by atoms with Gasteiger partial charge in [0.15, 0.2) is 0 Å². The van der Waals surface area contributed by atoms with E-state index in [2.05, 4.69) is 10.1 Å². The second kappa shape index (κ2) is 8.74. The largest absolute Gasteiger partial charge is 0.497 e. The number of H-pyrrole nitrogens is 1. The summed E-state index contributed by atoms with van der Waals surface area (Å²) in [6.45, 7) is 1.14. The Kier molecular flexibility index (Phi) is 5.61. The predicted molar refractivity (Wildman–Crippen MR) is 128 cm³/mol. The minimum absolute atomic E-state index is 0.0540. The number of carbonyl (C=O) groups is 1. The average Bonchev–Trinajstić information content (AvgIpc) is 3.42. The summed E-state index contributed by atoms with van der Waals surface area (Å²) in [5.41, 5.74) is 3.59. The lowest BCUT2D eigenvalue weighted by Crippen LogP contribution is -2.41. The summed E-state index contributed by atoms with van der Waals surface area (Å²) in [5, 5.41) is 4.56. The van der Waals surface area contributed by atoms with Gasteiger partial charge in [0.05, 0.1) is 30.9 Å². The van der Waals surface area contributed by atoms with Crippen molar-refractivity contribution < 1.29 is 14.3 Å². The number of piperidine rings is 1. The van der Waals surface area contributed by atoms with Gasteiger partial charge in [0.1, 0.15) is 17.2 Å². The molecule has 1 aliphatic rings. The Morgan fingerprint density at radius 3 is 2.56 bits per heavy atom. The van der Waals surface area contributed by atoms with Crippen molar-refractivity contribution in [2.75, 3.05) is 27.3 Å². The maximum Gasteiger partial charge on any atom is 0.326 e. The van der Waals surface area contributed by atoms with Gasteiger partial charge in [-0.2, -0.15) is 5.10 Å². The molecule has 0 aliphatic carbocycles. The van der Waals surface area contributed by atoms with Gasteiger partial charge in [-0.15, -0.1) is 0 Å². The zero-order valence-corrected chi connectivity index (χ0v) is 19.4. The normalized spacial score (nSPS) is 14.5. The van der Waals surface area contributed by atoms with Crippen molar-refractivity contribution >= 4 is 16.9 Å². The molecule has 0 bridgehead atoms. The van der Waals surface area contributed by atoms with Gasteiger partial charge in [-0.05, 0) is 43.2 Å². The fraction of sp³-hybridized carbons (Fsp3) is 0.320. The molecule has 0 atom stereocenters. The molecule has 0 saturated carbocycles. The van der Waals surface area contributed by atoms with Gasteiger partial charge in [0, 0.05) is 37.8 Å². The van der Waals surface area contributed by atoms with E-state index < -0.39 is 0 Å². The SMILES string of the molecule is COc1ccc(-c2cc(C(=O)N3CCC(n4c(=O)[nH]c5ccccc54)CC3)n(C)n2)c(OC)c1. The molecule has 34 heavy (non-hydrogen) atoms. The number of fused-ring (bicyclic) bond motifs is 1. The molecule has 2 aromatic heterocycles. The molecule has 9 nitrogen and oxygen atoms in total. The van der Waals surface area contributed by atoms with Gasteiger partial charge < -0.3 is 19.4 Å². The third kappa shape index (κ3) is 3.72. The first kappa shape index (κ1) is 21.8. The minimum atomic E-state index is -0.101. The molecule has 176 valence electrons. The second-order valence-electron chi connectivity index (χ2n) is 8.45. The molecule has 0 spiro atoms. The highest BCUT2D eigenvalue weighted by molar-refractivity contribution is 5.94. The number of amides is 1. The van der Waals surface area contributed by atoms with Crippen LogP contribution in [0.5, 0.6) is 11.5 Å². The van der Waals surface area contributed by atoms with Crippen LogP contribution in [0.25, 0.3) is 22.3 Å². The lowest BCUT2D eigenvalue weighted by atomic mass is 10.0. The number of hydrogen-bond acceptors (Lipinski definition) is 5. The van der Waals surface area contributed by atoms with E-state index in [1.54, 1.807) is 38.1 Å². The van der Waals surface area contributed by atoms with E-state index >= 15 is 0 Å². The van der Waals surface area contributed by atoms with Gasteiger partial charge in [0.2, 0.25) is 0 Å². The van der Waals surface area contributed by atoms with Crippen molar-refractivity contribution in [2.45, 2.75) is 18.9 Å². The van der Waals surface area contributed by atoms with Crippen LogP contribution < -0.4 is 15.2 Å². The van der Waals surface area contributed by atoms with E-state index in [1.807, 2.05) is 45.9 Å². The molecule has 2 aromatic carbocycles. The van der Waals surface area contributed by atoms with Crippen molar-refractivity contribution in [3.63, 3.8) is 0 Å². The van der Waals surface area contributed by atoms with E-state index in [9.17, 15) is 9.59 Å². The van der Waals surface area contributed by atoms with Gasteiger partial charge in [-0.3, -0.25) is 14.0 Å². The van der Waals surface area contributed by atoms with Crippen LogP contribution in [0.2, 0.25) is 0 Å². The van der Waals surface area contributed by atoms with Gasteiger partial charge in [-0.25, -0.2) is 4.79 Å². The highest BCUT2D eigenvalue weighted by Gasteiger charge is 2.28. The molecule has 0 unspecified atom stereocenters. The fourth-order valence-corrected chi connectivity index (χ4v) is 4.74. The van der Waals surface area contributed by atoms with Crippen molar-refractivity contribution in [1.29, 1.82) is 0 Å². The Hall–Kier alpha value is -4.01. The number of rotatable bonds is 5. The van der Waals surface area contributed by atoms with Crippen LogP contribution in [0.3, 0.4) is 0 Å². The van der Waals surface area contributed by atoms with Crippen LogP contribution in [0, 0.1) is 0 Å². The molecule has 5 rings (SSSR count). The zero-order valence-electron chi connectivity index (χ0n) is 19.4. The third-order valence-electron chi connectivity index (χ3n) is 6.52. The smallest absolute Gasteiger partial charge is 0.326 e. The van der Waals surface area contributed by atoms with Crippen molar-refractivity contribution in [2.24, 2.45) is 7.05 Å². The number of likely N-dealkylation sites (tertiary alicyclic amines) is 1. The number of methoxy groups -OCH3 is 2. The van der Waals surface area contributed by atoms with Crippen LogP contribution in [0.15, 0.2) is 53.3 Å². The first-order valence-corrected chi connectivity index (χ1v) is 11.2. The lowest BCUT2D eigenvalue weighted by molar-refractivity contribution is 0.0684. The number of aryl methyl sites for hydroxylation is 1. The van der Waals surface area contributed by atoms with Gasteiger partial charge in [0.25, 0.3) is 5.91 Å². The number of para-hydroxylation sites is 2. The van der Waals surface area contributed by atoms with Gasteiger partial charge >= 0.3 is 5.69 Å². The van der Waals surface area contributed by atoms with Crippen molar-refractivity contribution in [3.05, 3.63) is 64.7 Å². The van der Waals surface area contributed by atoms with Crippen LogP contribution in [-0.2, 0) is 7.05 Å². The summed E-state index contributed by atoms with van der Waals surface area (Å²) in [5.74, 6) is 1.24. The Morgan fingerprint density at radius 2 is 1.82 bits per heavy atom. The van der Waals surface area contributed by atoms with Crippen molar-refractivity contribution in [1.82, 2.24) is 24.2 Å². The van der Waals surface area contributed by atoms with Crippen LogP contribution >= 0.6 is 0 Å². The molecular weight excluding hydrogens is 434 g/mol. The molecule has 1 N–H and O–H groups in total. The maximum absolute atomic E-state index is 13.3. The zero-order chi connectivity index (χ0) is 23.8. The number of ether oxygens (including phenoxy) is 2. The summed E-state index contributed by atoms with van der Waals surface area (Å²) >= 11 is 0.